The number of nitrogens with one attached hydrogen (secondary N) is 3. The first-order valence-corrected chi connectivity index (χ1v) is 4.35. The molecule has 5 nitrogen and oxygen atoms in total. The van der Waals surface area contributed by atoms with Gasteiger partial charge in [0, 0.05) is 13.1 Å². The second-order valence-corrected chi connectivity index (χ2v) is 3.27. The minimum atomic E-state index is -0.313. The molecular weight excluding hydrogens is 192 g/mol. The molecule has 2 rings (SSSR count). The molecule has 0 atom stereocenters. The van der Waals surface area contributed by atoms with Gasteiger partial charge < -0.3 is 15.6 Å². The number of aromatic amines is 1. The highest BCUT2D eigenvalue weighted by Crippen LogP contribution is 2.14. The van der Waals surface area contributed by atoms with Crippen LogP contribution in [0.2, 0.25) is 5.02 Å². The van der Waals surface area contributed by atoms with E-state index in [4.69, 9.17) is 11.6 Å². The van der Waals surface area contributed by atoms with Gasteiger partial charge in [-0.25, -0.2) is 4.98 Å². The molecule has 0 unspecified atom stereocenters. The molecule has 0 aromatic carbocycles. The number of hydrogen-bond donors (Lipinski definition) is 3. The van der Waals surface area contributed by atoms with E-state index in [-0.39, 0.29) is 10.6 Å². The van der Waals surface area contributed by atoms with Gasteiger partial charge in [0.25, 0.3) is 5.56 Å². The molecule has 0 radical (unpaired) electrons. The van der Waals surface area contributed by atoms with E-state index in [0.717, 1.165) is 13.1 Å². The van der Waals surface area contributed by atoms with Crippen molar-refractivity contribution in [2.24, 2.45) is 0 Å². The maximum atomic E-state index is 11.0. The summed E-state index contributed by atoms with van der Waals surface area (Å²) in [7, 11) is 0. The third-order valence-corrected chi connectivity index (χ3v) is 2.27. The monoisotopic (exact) mass is 200 g/mol. The van der Waals surface area contributed by atoms with E-state index in [1.807, 2.05) is 0 Å². The summed E-state index contributed by atoms with van der Waals surface area (Å²) in [6, 6.07) is 0.326. The molecule has 2 heterocycles. The molecular formula is C7H9ClN4O. The Kier molecular flexibility index (Phi) is 2.20. The zero-order valence-corrected chi connectivity index (χ0v) is 7.56. The lowest BCUT2D eigenvalue weighted by Crippen LogP contribution is -2.51. The van der Waals surface area contributed by atoms with Crippen LogP contribution in [0.4, 0.5) is 5.82 Å². The van der Waals surface area contributed by atoms with E-state index in [1.165, 1.54) is 6.33 Å². The van der Waals surface area contributed by atoms with Crippen molar-refractivity contribution in [1.29, 1.82) is 0 Å². The summed E-state index contributed by atoms with van der Waals surface area (Å²) in [5.41, 5.74) is -0.313. The largest absolute Gasteiger partial charge is 0.363 e. The molecule has 3 N–H and O–H groups in total. The highest BCUT2D eigenvalue weighted by molar-refractivity contribution is 6.32. The van der Waals surface area contributed by atoms with Gasteiger partial charge in [-0.05, 0) is 0 Å². The third kappa shape index (κ3) is 1.66. The predicted molar refractivity (Wildman–Crippen MR) is 50.1 cm³/mol. The van der Waals surface area contributed by atoms with E-state index in [2.05, 4.69) is 20.6 Å². The number of aromatic nitrogens is 2. The van der Waals surface area contributed by atoms with Crippen LogP contribution in [-0.2, 0) is 0 Å². The van der Waals surface area contributed by atoms with Gasteiger partial charge >= 0.3 is 0 Å². The minimum Gasteiger partial charge on any atom is -0.363 e. The van der Waals surface area contributed by atoms with Crippen molar-refractivity contribution >= 4 is 17.4 Å². The van der Waals surface area contributed by atoms with Crippen LogP contribution in [0.1, 0.15) is 0 Å². The Balaban J connectivity index is 2.19. The minimum absolute atomic E-state index is 0.120. The summed E-state index contributed by atoms with van der Waals surface area (Å²) >= 11 is 5.73. The molecule has 0 spiro atoms. The first kappa shape index (κ1) is 8.52. The van der Waals surface area contributed by atoms with Gasteiger partial charge in [-0.15, -0.1) is 0 Å². The van der Waals surface area contributed by atoms with Crippen LogP contribution in [0.15, 0.2) is 11.1 Å². The molecule has 0 aliphatic carbocycles. The average molecular weight is 201 g/mol. The van der Waals surface area contributed by atoms with Crippen molar-refractivity contribution in [3.8, 4) is 0 Å². The molecule has 1 aromatic rings. The van der Waals surface area contributed by atoms with Gasteiger partial charge in [0.05, 0.1) is 12.4 Å². The van der Waals surface area contributed by atoms with Gasteiger partial charge in [0.2, 0.25) is 0 Å². The summed E-state index contributed by atoms with van der Waals surface area (Å²) < 4.78 is 0. The van der Waals surface area contributed by atoms with E-state index < -0.39 is 0 Å². The standard InChI is InChI=1S/C7H9ClN4O/c8-5-6(10-3-11-7(5)13)12-4-1-9-2-4/h3-4,9H,1-2H2,(H2,10,11,12,13). The highest BCUT2D eigenvalue weighted by atomic mass is 35.5. The van der Waals surface area contributed by atoms with Crippen LogP contribution in [-0.4, -0.2) is 29.1 Å². The van der Waals surface area contributed by atoms with Crippen molar-refractivity contribution in [3.63, 3.8) is 0 Å². The van der Waals surface area contributed by atoms with Gasteiger partial charge in [-0.3, -0.25) is 4.79 Å². The molecule has 1 aliphatic rings. The van der Waals surface area contributed by atoms with E-state index >= 15 is 0 Å². The van der Waals surface area contributed by atoms with Crippen molar-refractivity contribution in [2.75, 3.05) is 18.4 Å². The smallest absolute Gasteiger partial charge is 0.271 e. The van der Waals surface area contributed by atoms with Crippen LogP contribution >= 0.6 is 11.6 Å². The summed E-state index contributed by atoms with van der Waals surface area (Å²) in [6.45, 7) is 1.76. The molecule has 0 saturated carbocycles. The van der Waals surface area contributed by atoms with Gasteiger partial charge in [-0.2, -0.15) is 0 Å². The van der Waals surface area contributed by atoms with Crippen LogP contribution in [0.3, 0.4) is 0 Å². The summed E-state index contributed by atoms with van der Waals surface area (Å²) in [4.78, 5) is 17.4. The lowest BCUT2D eigenvalue weighted by Gasteiger charge is -2.28. The number of halogens is 1. The van der Waals surface area contributed by atoms with Gasteiger partial charge in [0.1, 0.15) is 5.02 Å². The fourth-order valence-electron chi connectivity index (χ4n) is 1.07. The predicted octanol–water partition coefficient (Wildman–Crippen LogP) is -0.193. The second-order valence-electron chi connectivity index (χ2n) is 2.89. The molecule has 70 valence electrons. The van der Waals surface area contributed by atoms with E-state index in [0.29, 0.717) is 11.9 Å². The molecule has 13 heavy (non-hydrogen) atoms. The fraction of sp³-hybridized carbons (Fsp3) is 0.429. The molecule has 1 aliphatic heterocycles. The first-order chi connectivity index (χ1) is 6.27. The SMILES string of the molecule is O=c1[nH]cnc(NC2CNC2)c1Cl. The van der Waals surface area contributed by atoms with Crippen molar-refractivity contribution in [1.82, 2.24) is 15.3 Å². The number of nitrogens with zero attached hydrogens (tertiary/aromatic N) is 1. The second kappa shape index (κ2) is 3.35. The number of rotatable bonds is 2. The average Bonchev–Trinajstić information content (AvgIpc) is 2.04. The zero-order chi connectivity index (χ0) is 9.26. The third-order valence-electron chi connectivity index (χ3n) is 1.92. The zero-order valence-electron chi connectivity index (χ0n) is 6.80. The molecule has 6 heteroatoms. The Morgan fingerprint density at radius 1 is 1.62 bits per heavy atom. The molecule has 1 aromatic heterocycles. The molecule has 0 amide bonds. The molecule has 1 saturated heterocycles. The summed E-state index contributed by atoms with van der Waals surface area (Å²) in [6.07, 6.45) is 1.34. The van der Waals surface area contributed by atoms with Crippen molar-refractivity contribution in [2.45, 2.75) is 6.04 Å². The van der Waals surface area contributed by atoms with Crippen LogP contribution in [0, 0.1) is 0 Å². The van der Waals surface area contributed by atoms with Crippen LogP contribution in [0.5, 0.6) is 0 Å². The number of H-pyrrole nitrogens is 1. The van der Waals surface area contributed by atoms with Crippen LogP contribution < -0.4 is 16.2 Å². The number of hydrogen-bond acceptors (Lipinski definition) is 4. The Morgan fingerprint density at radius 2 is 2.38 bits per heavy atom. The Hall–Kier alpha value is -1.07. The van der Waals surface area contributed by atoms with E-state index in [9.17, 15) is 4.79 Å². The maximum Gasteiger partial charge on any atom is 0.271 e. The molecule has 0 bridgehead atoms. The Morgan fingerprint density at radius 3 is 3.00 bits per heavy atom. The van der Waals surface area contributed by atoms with E-state index in [1.54, 1.807) is 0 Å². The summed E-state index contributed by atoms with van der Waals surface area (Å²) in [5.74, 6) is 0.455. The topological polar surface area (TPSA) is 69.8 Å². The highest BCUT2D eigenvalue weighted by Gasteiger charge is 2.18. The molecule has 1 fully saturated rings. The van der Waals surface area contributed by atoms with Crippen molar-refractivity contribution < 1.29 is 0 Å². The fourth-order valence-corrected chi connectivity index (χ4v) is 1.23. The van der Waals surface area contributed by atoms with Gasteiger partial charge in [-0.1, -0.05) is 11.6 Å². The maximum absolute atomic E-state index is 11.0. The van der Waals surface area contributed by atoms with Crippen molar-refractivity contribution in [3.05, 3.63) is 21.7 Å². The quantitative estimate of drug-likeness (QED) is 0.619. The van der Waals surface area contributed by atoms with Gasteiger partial charge in [0.15, 0.2) is 5.82 Å². The Labute approximate surface area is 79.5 Å². The number of anilines is 1. The Bertz CT molecular complexity index is 360. The van der Waals surface area contributed by atoms with Crippen LogP contribution in [0.25, 0.3) is 0 Å². The normalized spacial score (nSPS) is 16.7. The summed E-state index contributed by atoms with van der Waals surface area (Å²) in [5, 5.41) is 6.28. The first-order valence-electron chi connectivity index (χ1n) is 3.98. The lowest BCUT2D eigenvalue weighted by atomic mass is 10.2. The lowest BCUT2D eigenvalue weighted by molar-refractivity contribution is 0.471.